The summed E-state index contributed by atoms with van der Waals surface area (Å²) >= 11 is 0. The van der Waals surface area contributed by atoms with Crippen molar-refractivity contribution in [2.45, 2.75) is 53.4 Å². The molecular formula is C22H30N2O2. The lowest BCUT2D eigenvalue weighted by Crippen LogP contribution is -2.38. The minimum Gasteiger partial charge on any atom is -0.366 e. The van der Waals surface area contributed by atoms with Crippen LogP contribution in [0.1, 0.15) is 56.2 Å². The Kier molecular flexibility index (Phi) is 5.49. The van der Waals surface area contributed by atoms with E-state index in [9.17, 15) is 9.59 Å². The van der Waals surface area contributed by atoms with Crippen LogP contribution >= 0.6 is 0 Å². The van der Waals surface area contributed by atoms with Crippen molar-refractivity contribution in [3.63, 3.8) is 0 Å². The van der Waals surface area contributed by atoms with E-state index < -0.39 is 0 Å². The van der Waals surface area contributed by atoms with Crippen LogP contribution in [-0.2, 0) is 9.59 Å². The third-order valence-electron chi connectivity index (χ3n) is 5.63. The largest absolute Gasteiger partial charge is 0.366 e. The Bertz CT molecular complexity index is 743. The highest BCUT2D eigenvalue weighted by molar-refractivity contribution is 6.35. The van der Waals surface area contributed by atoms with Crippen LogP contribution in [0.5, 0.6) is 0 Å². The van der Waals surface area contributed by atoms with Gasteiger partial charge in [0, 0.05) is 19.6 Å². The van der Waals surface area contributed by atoms with Gasteiger partial charge >= 0.3 is 0 Å². The number of carbonyl (C=O) groups excluding carboxylic acids is 2. The number of nitrogens with zero attached hydrogens (tertiary/aromatic N) is 2. The molecule has 1 aromatic carbocycles. The van der Waals surface area contributed by atoms with Crippen molar-refractivity contribution in [1.82, 2.24) is 9.80 Å². The van der Waals surface area contributed by atoms with Gasteiger partial charge in [0.1, 0.15) is 5.70 Å². The first-order valence-electron chi connectivity index (χ1n) is 9.87. The van der Waals surface area contributed by atoms with E-state index in [0.29, 0.717) is 23.7 Å². The van der Waals surface area contributed by atoms with Crippen molar-refractivity contribution in [3.8, 4) is 0 Å². The van der Waals surface area contributed by atoms with Gasteiger partial charge < -0.3 is 4.90 Å². The zero-order valence-corrected chi connectivity index (χ0v) is 16.5. The maximum Gasteiger partial charge on any atom is 0.277 e. The standard InChI is InChI=1S/C22H30N2O2/c1-5-6-11-24-21(25)19(18-8-7-16(3)14-17(18)4)20(22(24)26)23-12-9-15(2)10-13-23/h7-8,14-15H,5-6,9-13H2,1-4H3. The number of hydrogen-bond acceptors (Lipinski definition) is 3. The van der Waals surface area contributed by atoms with Crippen LogP contribution in [0, 0.1) is 19.8 Å². The Morgan fingerprint density at radius 1 is 1.08 bits per heavy atom. The van der Waals surface area contributed by atoms with Crippen molar-refractivity contribution in [2.24, 2.45) is 5.92 Å². The molecule has 2 amide bonds. The molecule has 0 radical (unpaired) electrons. The van der Waals surface area contributed by atoms with E-state index in [4.69, 9.17) is 0 Å². The Balaban J connectivity index is 2.05. The summed E-state index contributed by atoms with van der Waals surface area (Å²) in [5, 5.41) is 0. The molecule has 0 saturated carbocycles. The van der Waals surface area contributed by atoms with Crippen molar-refractivity contribution < 1.29 is 9.59 Å². The zero-order valence-electron chi connectivity index (χ0n) is 16.5. The maximum absolute atomic E-state index is 13.2. The number of unbranched alkanes of at least 4 members (excludes halogenated alkanes) is 1. The molecule has 4 heteroatoms. The summed E-state index contributed by atoms with van der Waals surface area (Å²) in [5.41, 5.74) is 4.37. The molecule has 3 rings (SSSR count). The highest BCUT2D eigenvalue weighted by atomic mass is 16.2. The molecule has 2 aliphatic rings. The van der Waals surface area contributed by atoms with Crippen LogP contribution in [0.25, 0.3) is 5.57 Å². The van der Waals surface area contributed by atoms with E-state index >= 15 is 0 Å². The summed E-state index contributed by atoms with van der Waals surface area (Å²) in [4.78, 5) is 30.0. The molecule has 26 heavy (non-hydrogen) atoms. The highest BCUT2D eigenvalue weighted by Gasteiger charge is 2.42. The first kappa shape index (κ1) is 18.7. The van der Waals surface area contributed by atoms with Crippen LogP contribution in [0.4, 0.5) is 0 Å². The van der Waals surface area contributed by atoms with Crippen molar-refractivity contribution in [1.29, 1.82) is 0 Å². The van der Waals surface area contributed by atoms with Crippen LogP contribution in [0.3, 0.4) is 0 Å². The summed E-state index contributed by atoms with van der Waals surface area (Å²) in [6.45, 7) is 10.6. The van der Waals surface area contributed by atoms with E-state index in [1.807, 2.05) is 26.0 Å². The van der Waals surface area contributed by atoms with Gasteiger partial charge in [0.05, 0.1) is 5.57 Å². The van der Waals surface area contributed by atoms with Crippen LogP contribution < -0.4 is 0 Å². The molecule has 1 aromatic rings. The van der Waals surface area contributed by atoms with Gasteiger partial charge in [-0.2, -0.15) is 0 Å². The minimum absolute atomic E-state index is 0.104. The summed E-state index contributed by atoms with van der Waals surface area (Å²) in [7, 11) is 0. The average Bonchev–Trinajstić information content (AvgIpc) is 2.85. The number of rotatable bonds is 5. The fourth-order valence-corrected chi connectivity index (χ4v) is 3.94. The van der Waals surface area contributed by atoms with Gasteiger partial charge in [0.2, 0.25) is 0 Å². The molecular weight excluding hydrogens is 324 g/mol. The van der Waals surface area contributed by atoms with Gasteiger partial charge in [-0.1, -0.05) is 44.0 Å². The van der Waals surface area contributed by atoms with Gasteiger partial charge in [-0.3, -0.25) is 14.5 Å². The van der Waals surface area contributed by atoms with Gasteiger partial charge in [0.25, 0.3) is 11.8 Å². The summed E-state index contributed by atoms with van der Waals surface area (Å²) < 4.78 is 0. The van der Waals surface area contributed by atoms with Crippen molar-refractivity contribution in [2.75, 3.05) is 19.6 Å². The molecule has 0 aromatic heterocycles. The molecule has 0 unspecified atom stereocenters. The summed E-state index contributed by atoms with van der Waals surface area (Å²) in [5.74, 6) is 0.455. The lowest BCUT2D eigenvalue weighted by Gasteiger charge is -2.32. The Labute approximate surface area is 156 Å². The number of aryl methyl sites for hydroxylation is 2. The number of carbonyl (C=O) groups is 2. The molecule has 1 saturated heterocycles. The smallest absolute Gasteiger partial charge is 0.277 e. The Morgan fingerprint density at radius 3 is 2.38 bits per heavy atom. The second-order valence-electron chi connectivity index (χ2n) is 7.83. The lowest BCUT2D eigenvalue weighted by atomic mass is 9.95. The second kappa shape index (κ2) is 7.65. The van der Waals surface area contributed by atoms with Crippen molar-refractivity contribution in [3.05, 3.63) is 40.6 Å². The number of amides is 2. The minimum atomic E-state index is -0.121. The fourth-order valence-electron chi connectivity index (χ4n) is 3.94. The molecule has 0 aliphatic carbocycles. The van der Waals surface area contributed by atoms with Crippen LogP contribution in [0.15, 0.2) is 23.9 Å². The van der Waals surface area contributed by atoms with Gasteiger partial charge in [0.15, 0.2) is 0 Å². The quantitative estimate of drug-likeness (QED) is 0.753. The number of imide groups is 1. The van der Waals surface area contributed by atoms with Crippen LogP contribution in [-0.4, -0.2) is 41.2 Å². The van der Waals surface area contributed by atoms with E-state index in [2.05, 4.69) is 24.8 Å². The summed E-state index contributed by atoms with van der Waals surface area (Å²) in [6, 6.07) is 6.11. The van der Waals surface area contributed by atoms with Gasteiger partial charge in [-0.25, -0.2) is 0 Å². The summed E-state index contributed by atoms with van der Waals surface area (Å²) in [6.07, 6.45) is 3.95. The van der Waals surface area contributed by atoms with Gasteiger partial charge in [-0.15, -0.1) is 0 Å². The first-order chi connectivity index (χ1) is 12.4. The molecule has 0 bridgehead atoms. The number of benzene rings is 1. The molecule has 0 N–H and O–H groups in total. The van der Waals surface area contributed by atoms with Crippen molar-refractivity contribution >= 4 is 17.4 Å². The molecule has 140 valence electrons. The van der Waals surface area contributed by atoms with E-state index in [0.717, 1.165) is 49.9 Å². The van der Waals surface area contributed by atoms with E-state index in [1.165, 1.54) is 10.5 Å². The second-order valence-corrected chi connectivity index (χ2v) is 7.83. The Hall–Kier alpha value is -2.10. The number of hydrogen-bond donors (Lipinski definition) is 0. The topological polar surface area (TPSA) is 40.6 Å². The fraction of sp³-hybridized carbons (Fsp3) is 0.545. The zero-order chi connectivity index (χ0) is 18.8. The van der Waals surface area contributed by atoms with E-state index in [1.54, 1.807) is 0 Å². The van der Waals surface area contributed by atoms with Crippen LogP contribution in [0.2, 0.25) is 0 Å². The third kappa shape index (κ3) is 3.42. The molecule has 0 atom stereocenters. The molecule has 1 fully saturated rings. The molecule has 4 nitrogen and oxygen atoms in total. The predicted molar refractivity (Wildman–Crippen MR) is 104 cm³/mol. The van der Waals surface area contributed by atoms with E-state index in [-0.39, 0.29) is 11.8 Å². The lowest BCUT2D eigenvalue weighted by molar-refractivity contribution is -0.137. The molecule has 2 heterocycles. The predicted octanol–water partition coefficient (Wildman–Crippen LogP) is 3.92. The van der Waals surface area contributed by atoms with Gasteiger partial charge in [-0.05, 0) is 50.2 Å². The average molecular weight is 354 g/mol. The molecule has 2 aliphatic heterocycles. The molecule has 0 spiro atoms. The highest BCUT2D eigenvalue weighted by Crippen LogP contribution is 2.35. The first-order valence-corrected chi connectivity index (χ1v) is 9.87. The number of piperidine rings is 1. The SMILES string of the molecule is CCCCN1C(=O)C(c2ccc(C)cc2C)=C(N2CCC(C)CC2)C1=O. The monoisotopic (exact) mass is 354 g/mol. The number of likely N-dealkylation sites (tertiary alicyclic amines) is 1. The normalized spacial score (nSPS) is 19.1. The third-order valence-corrected chi connectivity index (χ3v) is 5.63. The Morgan fingerprint density at radius 2 is 1.77 bits per heavy atom. The maximum atomic E-state index is 13.2.